The van der Waals surface area contributed by atoms with Crippen molar-refractivity contribution in [3.05, 3.63) is 74.3 Å². The lowest BCUT2D eigenvalue weighted by atomic mass is 10.0. The van der Waals surface area contributed by atoms with Gasteiger partial charge in [-0.3, -0.25) is 10.1 Å². The molecule has 0 aliphatic carbocycles. The van der Waals surface area contributed by atoms with Crippen LogP contribution in [0.15, 0.2) is 42.5 Å². The number of hydrogen-bond acceptors (Lipinski definition) is 2. The highest BCUT2D eigenvalue weighted by Crippen LogP contribution is 2.32. The van der Waals surface area contributed by atoms with Gasteiger partial charge < -0.3 is 0 Å². The minimum atomic E-state index is -0.392. The molecule has 0 amide bonds. The molecule has 0 saturated heterocycles. The van der Waals surface area contributed by atoms with Crippen LogP contribution in [-0.2, 0) is 6.42 Å². The van der Waals surface area contributed by atoms with E-state index < -0.39 is 4.92 Å². The summed E-state index contributed by atoms with van der Waals surface area (Å²) in [7, 11) is 0. The van der Waals surface area contributed by atoms with Crippen molar-refractivity contribution in [2.75, 3.05) is 0 Å². The zero-order valence-electron chi connectivity index (χ0n) is 10.8. The zero-order valence-corrected chi connectivity index (χ0v) is 13.2. The number of rotatable bonds is 4. The summed E-state index contributed by atoms with van der Waals surface area (Å²) in [5.41, 5.74) is 3.34. The largest absolute Gasteiger partial charge is 0.269 e. The van der Waals surface area contributed by atoms with E-state index in [0.29, 0.717) is 0 Å². The molecule has 20 heavy (non-hydrogen) atoms. The molecular formula is C15H13BrClNO2. The van der Waals surface area contributed by atoms with Gasteiger partial charge in [-0.15, -0.1) is 0 Å². The van der Waals surface area contributed by atoms with Crippen molar-refractivity contribution >= 4 is 33.2 Å². The summed E-state index contributed by atoms with van der Waals surface area (Å²) in [6.45, 7) is 1.99. The first-order chi connectivity index (χ1) is 9.49. The Kier molecular flexibility index (Phi) is 4.78. The third kappa shape index (κ3) is 3.38. The van der Waals surface area contributed by atoms with Crippen molar-refractivity contribution in [3.63, 3.8) is 0 Å². The highest BCUT2D eigenvalue weighted by Gasteiger charge is 2.13. The number of alkyl halides is 1. The second-order valence-corrected chi connectivity index (χ2v) is 6.06. The zero-order chi connectivity index (χ0) is 14.7. The van der Waals surface area contributed by atoms with E-state index in [1.54, 1.807) is 12.1 Å². The number of non-ortho nitro benzene ring substituents is 1. The van der Waals surface area contributed by atoms with Crippen LogP contribution in [0.25, 0.3) is 0 Å². The first-order valence-corrected chi connectivity index (χ1v) is 7.41. The molecule has 2 aromatic rings. The van der Waals surface area contributed by atoms with Gasteiger partial charge in [0.1, 0.15) is 0 Å². The number of halogens is 2. The van der Waals surface area contributed by atoms with Gasteiger partial charge in [0.15, 0.2) is 0 Å². The summed E-state index contributed by atoms with van der Waals surface area (Å²) in [6, 6.07) is 12.4. The van der Waals surface area contributed by atoms with Gasteiger partial charge in [-0.05, 0) is 36.1 Å². The van der Waals surface area contributed by atoms with Gasteiger partial charge in [0.25, 0.3) is 5.69 Å². The lowest BCUT2D eigenvalue weighted by Gasteiger charge is -2.14. The molecule has 0 radical (unpaired) electrons. The van der Waals surface area contributed by atoms with Crippen LogP contribution in [-0.4, -0.2) is 4.92 Å². The van der Waals surface area contributed by atoms with E-state index in [4.69, 9.17) is 11.6 Å². The minimum absolute atomic E-state index is 0.110. The summed E-state index contributed by atoms with van der Waals surface area (Å²) in [5.74, 6) is 0. The fraction of sp³-hybridized carbons (Fsp3) is 0.200. The van der Waals surface area contributed by atoms with Crippen molar-refractivity contribution in [3.8, 4) is 0 Å². The Bertz CT molecular complexity index is 628. The molecule has 2 aromatic carbocycles. The summed E-state index contributed by atoms with van der Waals surface area (Å²) >= 11 is 9.78. The molecule has 1 atom stereocenters. The Morgan fingerprint density at radius 1 is 1.25 bits per heavy atom. The Hall–Kier alpha value is -1.39. The molecule has 2 rings (SSSR count). The third-order valence-corrected chi connectivity index (χ3v) is 4.44. The summed E-state index contributed by atoms with van der Waals surface area (Å²) < 4.78 is 0. The van der Waals surface area contributed by atoms with Crippen LogP contribution >= 0.6 is 27.5 Å². The Balaban J connectivity index is 2.17. The predicted octanol–water partition coefficient (Wildman–Crippen LogP) is 5.24. The van der Waals surface area contributed by atoms with E-state index in [1.165, 1.54) is 12.1 Å². The fourth-order valence-electron chi connectivity index (χ4n) is 2.03. The fourth-order valence-corrected chi connectivity index (χ4v) is 3.09. The molecule has 0 aliphatic rings. The van der Waals surface area contributed by atoms with Gasteiger partial charge >= 0.3 is 0 Å². The molecule has 0 N–H and O–H groups in total. The molecule has 104 valence electrons. The lowest BCUT2D eigenvalue weighted by Crippen LogP contribution is -1.98. The topological polar surface area (TPSA) is 43.1 Å². The molecule has 0 saturated carbocycles. The van der Waals surface area contributed by atoms with Gasteiger partial charge in [-0.25, -0.2) is 0 Å². The average Bonchev–Trinajstić information content (AvgIpc) is 2.42. The van der Waals surface area contributed by atoms with Crippen molar-refractivity contribution in [1.82, 2.24) is 0 Å². The van der Waals surface area contributed by atoms with E-state index in [2.05, 4.69) is 15.9 Å². The highest BCUT2D eigenvalue weighted by atomic mass is 79.9. The van der Waals surface area contributed by atoms with Crippen molar-refractivity contribution in [1.29, 1.82) is 0 Å². The van der Waals surface area contributed by atoms with Crippen molar-refractivity contribution in [2.45, 2.75) is 18.2 Å². The number of hydrogen-bond donors (Lipinski definition) is 0. The predicted molar refractivity (Wildman–Crippen MR) is 84.7 cm³/mol. The van der Waals surface area contributed by atoms with E-state index >= 15 is 0 Å². The quantitative estimate of drug-likeness (QED) is 0.428. The van der Waals surface area contributed by atoms with Gasteiger partial charge in [0.2, 0.25) is 0 Å². The maximum atomic E-state index is 10.6. The van der Waals surface area contributed by atoms with Gasteiger partial charge in [0, 0.05) is 22.0 Å². The summed E-state index contributed by atoms with van der Waals surface area (Å²) in [6.07, 6.45) is 0.749. The summed E-state index contributed by atoms with van der Waals surface area (Å²) in [5, 5.41) is 11.4. The van der Waals surface area contributed by atoms with Gasteiger partial charge in [0.05, 0.1) is 4.92 Å². The smallest absolute Gasteiger partial charge is 0.258 e. The van der Waals surface area contributed by atoms with Crippen LogP contribution in [0, 0.1) is 17.0 Å². The number of nitro benzene ring substituents is 1. The first kappa shape index (κ1) is 15.0. The number of benzene rings is 2. The molecule has 0 spiro atoms. The van der Waals surface area contributed by atoms with Crippen LogP contribution < -0.4 is 0 Å². The molecule has 3 nitrogen and oxygen atoms in total. The molecule has 0 bridgehead atoms. The molecule has 1 unspecified atom stereocenters. The standard InChI is InChI=1S/C15H13BrClNO2/c1-10-13(3-2-4-15(10)17)14(16)9-11-5-7-12(8-6-11)18(19)20/h2-8,14H,9H2,1H3. The molecule has 0 heterocycles. The number of nitro groups is 1. The minimum Gasteiger partial charge on any atom is -0.258 e. The van der Waals surface area contributed by atoms with Crippen LogP contribution in [0.3, 0.4) is 0 Å². The molecule has 5 heteroatoms. The van der Waals surface area contributed by atoms with E-state index in [1.807, 2.05) is 25.1 Å². The molecular weight excluding hydrogens is 342 g/mol. The molecule has 0 aromatic heterocycles. The van der Waals surface area contributed by atoms with E-state index in [-0.39, 0.29) is 10.5 Å². The Labute approximate surface area is 130 Å². The van der Waals surface area contributed by atoms with Crippen LogP contribution in [0.1, 0.15) is 21.5 Å². The Morgan fingerprint density at radius 2 is 1.90 bits per heavy atom. The highest BCUT2D eigenvalue weighted by molar-refractivity contribution is 9.09. The van der Waals surface area contributed by atoms with E-state index in [9.17, 15) is 10.1 Å². The maximum absolute atomic E-state index is 10.6. The molecule has 0 aliphatic heterocycles. The van der Waals surface area contributed by atoms with Crippen LogP contribution in [0.2, 0.25) is 5.02 Å². The SMILES string of the molecule is Cc1c(Cl)cccc1C(Br)Cc1ccc([N+](=O)[O-])cc1. The van der Waals surface area contributed by atoms with Gasteiger partial charge in [-0.2, -0.15) is 0 Å². The second kappa shape index (κ2) is 6.37. The molecule has 0 fully saturated rings. The Morgan fingerprint density at radius 3 is 2.50 bits per heavy atom. The average molecular weight is 355 g/mol. The van der Waals surface area contributed by atoms with Crippen LogP contribution in [0.4, 0.5) is 5.69 Å². The van der Waals surface area contributed by atoms with Crippen molar-refractivity contribution < 1.29 is 4.92 Å². The van der Waals surface area contributed by atoms with Crippen molar-refractivity contribution in [2.24, 2.45) is 0 Å². The third-order valence-electron chi connectivity index (χ3n) is 3.21. The van der Waals surface area contributed by atoms with Crippen LogP contribution in [0.5, 0.6) is 0 Å². The summed E-state index contributed by atoms with van der Waals surface area (Å²) in [4.78, 5) is 10.4. The second-order valence-electron chi connectivity index (χ2n) is 4.55. The van der Waals surface area contributed by atoms with E-state index in [0.717, 1.165) is 28.1 Å². The lowest BCUT2D eigenvalue weighted by molar-refractivity contribution is -0.384. The normalized spacial score (nSPS) is 12.2. The number of nitrogens with zero attached hydrogens (tertiary/aromatic N) is 1. The monoisotopic (exact) mass is 353 g/mol. The van der Waals surface area contributed by atoms with Gasteiger partial charge in [-0.1, -0.05) is 51.8 Å². The first-order valence-electron chi connectivity index (χ1n) is 6.11. The maximum Gasteiger partial charge on any atom is 0.269 e.